The van der Waals surface area contributed by atoms with Crippen LogP contribution in [0.5, 0.6) is 0 Å². The van der Waals surface area contributed by atoms with Gasteiger partial charge in [-0.25, -0.2) is 4.79 Å². The smallest absolute Gasteiger partial charge is 0.339 e. The van der Waals surface area contributed by atoms with Gasteiger partial charge in [-0.2, -0.15) is 0 Å². The summed E-state index contributed by atoms with van der Waals surface area (Å²) in [6, 6.07) is 11.1. The number of esters is 1. The van der Waals surface area contributed by atoms with Gasteiger partial charge in [0.2, 0.25) is 0 Å². The van der Waals surface area contributed by atoms with Crippen molar-refractivity contribution < 1.29 is 14.5 Å². The van der Waals surface area contributed by atoms with Crippen LogP contribution in [0.25, 0.3) is 0 Å². The molecule has 108 valence electrons. The molecule has 0 saturated heterocycles. The Morgan fingerprint density at radius 1 is 1.29 bits per heavy atom. The van der Waals surface area contributed by atoms with Gasteiger partial charge in [0.15, 0.2) is 0 Å². The van der Waals surface area contributed by atoms with Gasteiger partial charge in [0.25, 0.3) is 5.69 Å². The number of nitro benzene ring substituents is 1. The average molecular weight is 371 g/mol. The predicted octanol–water partition coefficient (Wildman–Crippen LogP) is 4.37. The molecule has 0 heterocycles. The van der Waals surface area contributed by atoms with Crippen LogP contribution in [-0.4, -0.2) is 10.9 Å². The van der Waals surface area contributed by atoms with Gasteiger partial charge in [-0.1, -0.05) is 29.8 Å². The van der Waals surface area contributed by atoms with Crippen LogP contribution in [-0.2, 0) is 11.3 Å². The van der Waals surface area contributed by atoms with E-state index in [9.17, 15) is 14.9 Å². The van der Waals surface area contributed by atoms with Crippen LogP contribution in [0.1, 0.15) is 15.9 Å². The van der Waals surface area contributed by atoms with Gasteiger partial charge in [-0.15, -0.1) is 0 Å². The molecule has 0 aliphatic heterocycles. The molecule has 21 heavy (non-hydrogen) atoms. The molecule has 2 aromatic rings. The molecule has 0 N–H and O–H groups in total. The summed E-state index contributed by atoms with van der Waals surface area (Å²) < 4.78 is 5.24. The first-order chi connectivity index (χ1) is 9.99. The van der Waals surface area contributed by atoms with Crippen molar-refractivity contribution in [2.45, 2.75) is 6.61 Å². The number of nitro groups is 1. The minimum atomic E-state index is -0.648. The van der Waals surface area contributed by atoms with Crippen LogP contribution in [0.3, 0.4) is 0 Å². The van der Waals surface area contributed by atoms with E-state index in [1.807, 2.05) is 0 Å². The molecular formula is C14H9BrClNO4. The fourth-order valence-corrected chi connectivity index (χ4v) is 2.46. The molecule has 0 aliphatic rings. The normalized spacial score (nSPS) is 10.2. The fraction of sp³-hybridized carbons (Fsp3) is 0.0714. The van der Waals surface area contributed by atoms with Gasteiger partial charge in [0.05, 0.1) is 10.5 Å². The van der Waals surface area contributed by atoms with E-state index in [-0.39, 0.29) is 22.3 Å². The highest BCUT2D eigenvalue weighted by Crippen LogP contribution is 2.28. The Labute approximate surface area is 133 Å². The van der Waals surface area contributed by atoms with Crippen molar-refractivity contribution in [3.8, 4) is 0 Å². The van der Waals surface area contributed by atoms with Crippen LogP contribution >= 0.6 is 27.5 Å². The summed E-state index contributed by atoms with van der Waals surface area (Å²) in [4.78, 5) is 22.2. The van der Waals surface area contributed by atoms with Crippen molar-refractivity contribution in [1.82, 2.24) is 0 Å². The zero-order valence-corrected chi connectivity index (χ0v) is 12.9. The van der Waals surface area contributed by atoms with Crippen LogP contribution < -0.4 is 0 Å². The predicted molar refractivity (Wildman–Crippen MR) is 81.4 cm³/mol. The zero-order chi connectivity index (χ0) is 15.4. The minimum absolute atomic E-state index is 0.0362. The summed E-state index contributed by atoms with van der Waals surface area (Å²) in [6.07, 6.45) is 0. The van der Waals surface area contributed by atoms with Crippen LogP contribution in [0.2, 0.25) is 5.02 Å². The molecule has 0 bridgehead atoms. The second kappa shape index (κ2) is 6.69. The lowest BCUT2D eigenvalue weighted by Gasteiger charge is -2.07. The number of halogens is 2. The molecule has 2 rings (SSSR count). The van der Waals surface area contributed by atoms with Crippen molar-refractivity contribution in [3.05, 3.63) is 73.2 Å². The van der Waals surface area contributed by atoms with E-state index >= 15 is 0 Å². The van der Waals surface area contributed by atoms with Crippen molar-refractivity contribution >= 4 is 39.2 Å². The SMILES string of the molecule is O=C(OCc1cccc(Cl)c1)c1cccc([N+](=O)[O-])c1Br. The van der Waals surface area contributed by atoms with E-state index in [1.54, 1.807) is 24.3 Å². The fourth-order valence-electron chi connectivity index (χ4n) is 1.67. The van der Waals surface area contributed by atoms with Crippen molar-refractivity contribution in [2.24, 2.45) is 0 Å². The third-order valence-corrected chi connectivity index (χ3v) is 3.72. The summed E-state index contributed by atoms with van der Waals surface area (Å²) in [5, 5.41) is 11.4. The van der Waals surface area contributed by atoms with Crippen molar-refractivity contribution in [3.63, 3.8) is 0 Å². The average Bonchev–Trinajstić information content (AvgIpc) is 2.45. The molecule has 0 aromatic heterocycles. The van der Waals surface area contributed by atoms with Crippen LogP contribution in [0.4, 0.5) is 5.69 Å². The number of ether oxygens (including phenoxy) is 1. The van der Waals surface area contributed by atoms with Crippen LogP contribution in [0.15, 0.2) is 46.9 Å². The van der Waals surface area contributed by atoms with Gasteiger partial charge in [0, 0.05) is 11.1 Å². The van der Waals surface area contributed by atoms with E-state index in [0.29, 0.717) is 5.02 Å². The molecule has 0 fully saturated rings. The largest absolute Gasteiger partial charge is 0.457 e. The van der Waals surface area contributed by atoms with E-state index in [1.165, 1.54) is 18.2 Å². The first-order valence-corrected chi connectivity index (χ1v) is 7.00. The molecule has 0 saturated carbocycles. The lowest BCUT2D eigenvalue weighted by molar-refractivity contribution is -0.385. The van der Waals surface area contributed by atoms with E-state index in [4.69, 9.17) is 16.3 Å². The Balaban J connectivity index is 2.14. The first kappa shape index (κ1) is 15.5. The molecule has 0 unspecified atom stereocenters. The molecule has 0 radical (unpaired) electrons. The Morgan fingerprint density at radius 3 is 2.67 bits per heavy atom. The first-order valence-electron chi connectivity index (χ1n) is 5.83. The third-order valence-electron chi connectivity index (χ3n) is 2.65. The lowest BCUT2D eigenvalue weighted by Crippen LogP contribution is -2.07. The molecule has 0 spiro atoms. The Kier molecular flexibility index (Phi) is 4.93. The highest BCUT2D eigenvalue weighted by molar-refractivity contribution is 9.10. The highest BCUT2D eigenvalue weighted by atomic mass is 79.9. The summed E-state index contributed by atoms with van der Waals surface area (Å²) in [6.45, 7) is 0.0362. The number of carbonyl (C=O) groups excluding carboxylic acids is 1. The van der Waals surface area contributed by atoms with Gasteiger partial charge in [0.1, 0.15) is 11.1 Å². The minimum Gasteiger partial charge on any atom is -0.457 e. The summed E-state index contributed by atoms with van der Waals surface area (Å²) in [7, 11) is 0. The second-order valence-electron chi connectivity index (χ2n) is 4.10. The lowest BCUT2D eigenvalue weighted by atomic mass is 10.2. The Hall–Kier alpha value is -1.92. The summed E-state index contributed by atoms with van der Waals surface area (Å²) in [5.41, 5.74) is 0.649. The molecule has 0 atom stereocenters. The molecular weight excluding hydrogens is 362 g/mol. The quantitative estimate of drug-likeness (QED) is 0.455. The van der Waals surface area contributed by atoms with E-state index < -0.39 is 10.9 Å². The van der Waals surface area contributed by atoms with Crippen molar-refractivity contribution in [1.29, 1.82) is 0 Å². The topological polar surface area (TPSA) is 69.4 Å². The Morgan fingerprint density at radius 2 is 2.00 bits per heavy atom. The number of carbonyl (C=O) groups is 1. The number of benzene rings is 2. The second-order valence-corrected chi connectivity index (χ2v) is 5.33. The monoisotopic (exact) mass is 369 g/mol. The Bertz CT molecular complexity index is 705. The number of rotatable bonds is 4. The molecule has 0 amide bonds. The van der Waals surface area contributed by atoms with E-state index in [0.717, 1.165) is 5.56 Å². The molecule has 0 aliphatic carbocycles. The molecule has 2 aromatic carbocycles. The maximum atomic E-state index is 12.0. The standard InChI is InChI=1S/C14H9BrClNO4/c15-13-11(5-2-6-12(13)17(19)20)14(18)21-8-9-3-1-4-10(16)7-9/h1-7H,8H2. The van der Waals surface area contributed by atoms with Crippen LogP contribution in [0, 0.1) is 10.1 Å². The van der Waals surface area contributed by atoms with E-state index in [2.05, 4.69) is 15.9 Å². The van der Waals surface area contributed by atoms with Gasteiger partial charge in [-0.05, 0) is 39.7 Å². The number of nitrogens with zero attached hydrogens (tertiary/aromatic N) is 1. The maximum absolute atomic E-state index is 12.0. The number of hydrogen-bond acceptors (Lipinski definition) is 4. The zero-order valence-electron chi connectivity index (χ0n) is 10.6. The maximum Gasteiger partial charge on any atom is 0.339 e. The van der Waals surface area contributed by atoms with Gasteiger partial charge >= 0.3 is 5.97 Å². The van der Waals surface area contributed by atoms with Gasteiger partial charge in [-0.3, -0.25) is 10.1 Å². The van der Waals surface area contributed by atoms with Crippen molar-refractivity contribution in [2.75, 3.05) is 0 Å². The number of hydrogen-bond donors (Lipinski definition) is 0. The molecule has 7 heteroatoms. The van der Waals surface area contributed by atoms with Gasteiger partial charge < -0.3 is 4.74 Å². The molecule has 5 nitrogen and oxygen atoms in total. The highest BCUT2D eigenvalue weighted by Gasteiger charge is 2.20. The summed E-state index contributed by atoms with van der Waals surface area (Å²) >= 11 is 8.89. The third kappa shape index (κ3) is 3.80. The summed E-state index contributed by atoms with van der Waals surface area (Å²) in [5.74, 6) is -0.648.